The lowest BCUT2D eigenvalue weighted by atomic mass is 10.0. The Morgan fingerprint density at radius 3 is 2.55 bits per heavy atom. The van der Waals surface area contributed by atoms with Gasteiger partial charge in [0, 0.05) is 17.3 Å². The SMILES string of the molecule is CC(=N)/C(=C\O)C(N)C1CC1. The zero-order valence-corrected chi connectivity index (χ0v) is 6.67. The summed E-state index contributed by atoms with van der Waals surface area (Å²) in [7, 11) is 0. The lowest BCUT2D eigenvalue weighted by Crippen LogP contribution is -2.28. The number of nitrogens with two attached hydrogens (primary N) is 1. The average Bonchev–Trinajstić information content (AvgIpc) is 2.68. The highest BCUT2D eigenvalue weighted by Crippen LogP contribution is 2.34. The van der Waals surface area contributed by atoms with Crippen molar-refractivity contribution in [3.05, 3.63) is 11.8 Å². The molecule has 1 atom stereocenters. The normalized spacial score (nSPS) is 21.5. The lowest BCUT2D eigenvalue weighted by molar-refractivity contribution is 0.462. The fourth-order valence-corrected chi connectivity index (χ4v) is 1.14. The Bertz CT molecular complexity index is 194. The summed E-state index contributed by atoms with van der Waals surface area (Å²) in [6.45, 7) is 1.64. The minimum atomic E-state index is -0.127. The van der Waals surface area contributed by atoms with Crippen molar-refractivity contribution in [3.63, 3.8) is 0 Å². The Balaban J connectivity index is 2.61. The van der Waals surface area contributed by atoms with Gasteiger partial charge in [-0.15, -0.1) is 0 Å². The van der Waals surface area contributed by atoms with Crippen molar-refractivity contribution in [3.8, 4) is 0 Å². The Hall–Kier alpha value is -0.830. The summed E-state index contributed by atoms with van der Waals surface area (Å²) in [4.78, 5) is 0. The lowest BCUT2D eigenvalue weighted by Gasteiger charge is -2.12. The Morgan fingerprint density at radius 2 is 2.27 bits per heavy atom. The summed E-state index contributed by atoms with van der Waals surface area (Å²) in [6, 6.07) is -0.127. The van der Waals surface area contributed by atoms with Crippen LogP contribution in [0.2, 0.25) is 0 Å². The van der Waals surface area contributed by atoms with Gasteiger partial charge in [0.15, 0.2) is 0 Å². The van der Waals surface area contributed by atoms with E-state index >= 15 is 0 Å². The highest BCUT2D eigenvalue weighted by atomic mass is 16.2. The Kier molecular flexibility index (Phi) is 2.29. The van der Waals surface area contributed by atoms with Gasteiger partial charge in [0.05, 0.1) is 6.26 Å². The summed E-state index contributed by atoms with van der Waals surface area (Å²) in [5, 5.41) is 16.1. The van der Waals surface area contributed by atoms with Crippen LogP contribution in [0.3, 0.4) is 0 Å². The quantitative estimate of drug-likeness (QED) is 0.422. The van der Waals surface area contributed by atoms with Crippen molar-refractivity contribution in [2.24, 2.45) is 11.7 Å². The maximum Gasteiger partial charge on any atom is 0.0857 e. The summed E-state index contributed by atoms with van der Waals surface area (Å²) in [5.41, 5.74) is 6.71. The molecule has 1 aliphatic rings. The molecule has 0 amide bonds. The molecule has 0 radical (unpaired) electrons. The highest BCUT2D eigenvalue weighted by molar-refractivity contribution is 5.96. The topological polar surface area (TPSA) is 70.1 Å². The van der Waals surface area contributed by atoms with Crippen LogP contribution in [0.5, 0.6) is 0 Å². The van der Waals surface area contributed by atoms with Crippen molar-refractivity contribution in [1.82, 2.24) is 0 Å². The molecule has 3 heteroatoms. The molecule has 1 unspecified atom stereocenters. The molecule has 1 saturated carbocycles. The van der Waals surface area contributed by atoms with E-state index in [1.54, 1.807) is 6.92 Å². The molecule has 0 aromatic carbocycles. The van der Waals surface area contributed by atoms with Gasteiger partial charge in [-0.2, -0.15) is 0 Å². The van der Waals surface area contributed by atoms with E-state index < -0.39 is 0 Å². The zero-order valence-electron chi connectivity index (χ0n) is 6.67. The standard InChI is InChI=1S/C8H14N2O/c1-5(9)7(4-11)8(10)6-2-3-6/h4,6,8-9,11H,2-3,10H2,1H3/b7-4+,9-5?. The molecule has 0 heterocycles. The Labute approximate surface area is 66.4 Å². The predicted octanol–water partition coefficient (Wildman–Crippen LogP) is 1.21. The minimum Gasteiger partial charge on any atom is -0.515 e. The number of aliphatic hydroxyl groups excluding tert-OH is 1. The predicted molar refractivity (Wildman–Crippen MR) is 44.8 cm³/mol. The van der Waals surface area contributed by atoms with E-state index in [1.807, 2.05) is 0 Å². The monoisotopic (exact) mass is 154 g/mol. The third kappa shape index (κ3) is 1.80. The maximum absolute atomic E-state index is 8.76. The first kappa shape index (κ1) is 8.27. The van der Waals surface area contributed by atoms with Gasteiger partial charge in [0.1, 0.15) is 0 Å². The third-order valence-corrected chi connectivity index (χ3v) is 2.06. The van der Waals surface area contributed by atoms with Crippen LogP contribution in [-0.4, -0.2) is 16.9 Å². The smallest absolute Gasteiger partial charge is 0.0857 e. The van der Waals surface area contributed by atoms with Crippen molar-refractivity contribution in [2.75, 3.05) is 0 Å². The van der Waals surface area contributed by atoms with Gasteiger partial charge < -0.3 is 16.2 Å². The summed E-state index contributed by atoms with van der Waals surface area (Å²) in [5.74, 6) is 0.494. The van der Waals surface area contributed by atoms with Crippen LogP contribution < -0.4 is 5.73 Å². The molecule has 4 N–H and O–H groups in total. The molecule has 1 fully saturated rings. The highest BCUT2D eigenvalue weighted by Gasteiger charge is 2.31. The molecule has 0 bridgehead atoms. The molecule has 1 aliphatic carbocycles. The molecule has 0 aromatic heterocycles. The second-order valence-corrected chi connectivity index (χ2v) is 3.07. The first-order valence-corrected chi connectivity index (χ1v) is 3.82. The largest absolute Gasteiger partial charge is 0.515 e. The molecular weight excluding hydrogens is 140 g/mol. The van der Waals surface area contributed by atoms with E-state index in [9.17, 15) is 0 Å². The number of nitrogens with one attached hydrogen (secondary N) is 1. The fraction of sp³-hybridized carbons (Fsp3) is 0.625. The number of rotatable bonds is 3. The van der Waals surface area contributed by atoms with Crippen LogP contribution in [0.4, 0.5) is 0 Å². The molecule has 11 heavy (non-hydrogen) atoms. The van der Waals surface area contributed by atoms with Crippen LogP contribution in [0, 0.1) is 11.3 Å². The van der Waals surface area contributed by atoms with E-state index in [-0.39, 0.29) is 6.04 Å². The molecule has 0 aromatic rings. The van der Waals surface area contributed by atoms with Crippen molar-refractivity contribution >= 4 is 5.71 Å². The van der Waals surface area contributed by atoms with E-state index in [0.717, 1.165) is 19.1 Å². The van der Waals surface area contributed by atoms with Gasteiger partial charge in [0.2, 0.25) is 0 Å². The van der Waals surface area contributed by atoms with Gasteiger partial charge in [-0.05, 0) is 25.7 Å². The van der Waals surface area contributed by atoms with E-state index in [0.29, 0.717) is 17.2 Å². The molecule has 62 valence electrons. The number of aliphatic hydroxyl groups is 1. The first-order chi connectivity index (χ1) is 5.16. The molecule has 0 spiro atoms. The molecule has 3 nitrogen and oxygen atoms in total. The van der Waals surface area contributed by atoms with Crippen molar-refractivity contribution < 1.29 is 5.11 Å². The minimum absolute atomic E-state index is 0.127. The maximum atomic E-state index is 8.76. The summed E-state index contributed by atoms with van der Waals surface area (Å²) in [6.07, 6.45) is 3.23. The Morgan fingerprint density at radius 1 is 1.73 bits per heavy atom. The molecule has 0 saturated heterocycles. The molecular formula is C8H14N2O. The third-order valence-electron chi connectivity index (χ3n) is 2.06. The molecule has 0 aliphatic heterocycles. The summed E-state index contributed by atoms with van der Waals surface area (Å²) >= 11 is 0. The number of hydrogen-bond acceptors (Lipinski definition) is 3. The number of hydrogen-bond donors (Lipinski definition) is 3. The van der Waals surface area contributed by atoms with E-state index in [1.165, 1.54) is 0 Å². The van der Waals surface area contributed by atoms with Gasteiger partial charge in [-0.3, -0.25) is 0 Å². The van der Waals surface area contributed by atoms with Gasteiger partial charge >= 0.3 is 0 Å². The van der Waals surface area contributed by atoms with Crippen LogP contribution >= 0.6 is 0 Å². The fourth-order valence-electron chi connectivity index (χ4n) is 1.14. The second-order valence-electron chi connectivity index (χ2n) is 3.07. The van der Waals surface area contributed by atoms with E-state index in [2.05, 4.69) is 0 Å². The first-order valence-electron chi connectivity index (χ1n) is 3.82. The van der Waals surface area contributed by atoms with E-state index in [4.69, 9.17) is 16.2 Å². The zero-order chi connectivity index (χ0) is 8.43. The molecule has 1 rings (SSSR count). The van der Waals surface area contributed by atoms with Gasteiger partial charge in [-0.1, -0.05) is 0 Å². The van der Waals surface area contributed by atoms with Gasteiger partial charge in [0.25, 0.3) is 0 Å². The van der Waals surface area contributed by atoms with Crippen LogP contribution in [-0.2, 0) is 0 Å². The second kappa shape index (κ2) is 3.05. The van der Waals surface area contributed by atoms with Gasteiger partial charge in [-0.25, -0.2) is 0 Å². The summed E-state index contributed by atoms with van der Waals surface area (Å²) < 4.78 is 0. The van der Waals surface area contributed by atoms with Crippen LogP contribution in [0.25, 0.3) is 0 Å². The van der Waals surface area contributed by atoms with Crippen LogP contribution in [0.1, 0.15) is 19.8 Å². The van der Waals surface area contributed by atoms with Crippen molar-refractivity contribution in [1.29, 1.82) is 5.41 Å². The van der Waals surface area contributed by atoms with Crippen LogP contribution in [0.15, 0.2) is 11.8 Å². The average molecular weight is 154 g/mol. The van der Waals surface area contributed by atoms with Crippen molar-refractivity contribution in [2.45, 2.75) is 25.8 Å².